The Kier molecular flexibility index (Phi) is 6.22. The van der Waals surface area contributed by atoms with Crippen molar-refractivity contribution in [1.82, 2.24) is 10.6 Å². The molecule has 0 saturated carbocycles. The Morgan fingerprint density at radius 3 is 2.44 bits per heavy atom. The Morgan fingerprint density at radius 2 is 1.83 bits per heavy atom. The molecule has 0 heterocycles. The Bertz CT molecular complexity index is 371. The number of aryl methyl sites for hydroxylation is 2. The first-order valence-corrected chi connectivity index (χ1v) is 6.24. The highest BCUT2D eigenvalue weighted by molar-refractivity contribution is 5.75. The van der Waals surface area contributed by atoms with Crippen LogP contribution < -0.4 is 15.4 Å². The molecule has 1 amide bonds. The molecule has 1 aromatic carbocycles. The topological polar surface area (TPSA) is 50.4 Å². The quantitative estimate of drug-likeness (QED) is 0.719. The molecule has 1 aromatic rings. The molecule has 4 nitrogen and oxygen atoms in total. The molecule has 0 bridgehead atoms. The van der Waals surface area contributed by atoms with Gasteiger partial charge in [-0.05, 0) is 44.2 Å². The van der Waals surface area contributed by atoms with Crippen LogP contribution in [0.5, 0.6) is 5.75 Å². The highest BCUT2D eigenvalue weighted by Gasteiger charge is 2.02. The fourth-order valence-electron chi connectivity index (χ4n) is 1.69. The minimum Gasteiger partial charge on any atom is -0.493 e. The number of ether oxygens (including phenoxy) is 1. The molecule has 0 fully saturated rings. The van der Waals surface area contributed by atoms with E-state index in [4.69, 9.17) is 4.74 Å². The largest absolute Gasteiger partial charge is 0.493 e. The Morgan fingerprint density at radius 1 is 1.17 bits per heavy atom. The van der Waals surface area contributed by atoms with Gasteiger partial charge in [0.1, 0.15) is 5.75 Å². The van der Waals surface area contributed by atoms with Crippen LogP contribution in [0.2, 0.25) is 0 Å². The van der Waals surface area contributed by atoms with Gasteiger partial charge in [0.25, 0.3) is 0 Å². The number of likely N-dealkylation sites (N-methyl/N-ethyl adjacent to an activating group) is 1. The SMILES string of the molecule is CNCCNC(=O)CCOc1cc(C)cc(C)c1. The van der Waals surface area contributed by atoms with Gasteiger partial charge in [-0.25, -0.2) is 0 Å². The lowest BCUT2D eigenvalue weighted by Crippen LogP contribution is -2.31. The first-order valence-electron chi connectivity index (χ1n) is 6.24. The number of nitrogens with one attached hydrogen (secondary N) is 2. The average Bonchev–Trinajstić information content (AvgIpc) is 2.28. The summed E-state index contributed by atoms with van der Waals surface area (Å²) in [6.45, 7) is 5.91. The van der Waals surface area contributed by atoms with Gasteiger partial charge in [0.05, 0.1) is 13.0 Å². The van der Waals surface area contributed by atoms with Crippen LogP contribution in [0.3, 0.4) is 0 Å². The van der Waals surface area contributed by atoms with Crippen LogP contribution in [0.25, 0.3) is 0 Å². The maximum Gasteiger partial charge on any atom is 0.223 e. The summed E-state index contributed by atoms with van der Waals surface area (Å²) < 4.78 is 5.57. The van der Waals surface area contributed by atoms with Crippen molar-refractivity contribution in [1.29, 1.82) is 0 Å². The van der Waals surface area contributed by atoms with Gasteiger partial charge in [-0.2, -0.15) is 0 Å². The number of hydrogen-bond acceptors (Lipinski definition) is 3. The summed E-state index contributed by atoms with van der Waals surface area (Å²) in [5.41, 5.74) is 2.34. The number of benzene rings is 1. The lowest BCUT2D eigenvalue weighted by Gasteiger charge is -2.08. The number of carbonyl (C=O) groups excluding carboxylic acids is 1. The predicted molar refractivity (Wildman–Crippen MR) is 73.0 cm³/mol. The van der Waals surface area contributed by atoms with E-state index in [1.807, 2.05) is 33.0 Å². The summed E-state index contributed by atoms with van der Waals surface area (Å²) in [6.07, 6.45) is 0.386. The van der Waals surface area contributed by atoms with E-state index < -0.39 is 0 Å². The molecule has 0 aromatic heterocycles. The summed E-state index contributed by atoms with van der Waals surface area (Å²) in [5, 5.41) is 5.78. The van der Waals surface area contributed by atoms with Gasteiger partial charge < -0.3 is 15.4 Å². The van der Waals surface area contributed by atoms with Crippen molar-refractivity contribution in [3.8, 4) is 5.75 Å². The van der Waals surface area contributed by atoms with E-state index in [0.29, 0.717) is 19.6 Å². The van der Waals surface area contributed by atoms with E-state index >= 15 is 0 Å². The molecule has 0 spiro atoms. The third-order valence-electron chi connectivity index (χ3n) is 2.49. The zero-order valence-corrected chi connectivity index (χ0v) is 11.4. The van der Waals surface area contributed by atoms with Crippen LogP contribution in [0, 0.1) is 13.8 Å². The van der Waals surface area contributed by atoms with Gasteiger partial charge >= 0.3 is 0 Å². The standard InChI is InChI=1S/C14H22N2O2/c1-11-8-12(2)10-13(9-11)18-7-4-14(17)16-6-5-15-3/h8-10,15H,4-7H2,1-3H3,(H,16,17). The summed E-state index contributed by atoms with van der Waals surface area (Å²) in [6, 6.07) is 6.05. The number of amides is 1. The molecule has 18 heavy (non-hydrogen) atoms. The highest BCUT2D eigenvalue weighted by atomic mass is 16.5. The molecule has 2 N–H and O–H groups in total. The minimum absolute atomic E-state index is 0.0228. The van der Waals surface area contributed by atoms with Crippen molar-refractivity contribution in [2.45, 2.75) is 20.3 Å². The average molecular weight is 250 g/mol. The van der Waals surface area contributed by atoms with E-state index in [2.05, 4.69) is 16.7 Å². The van der Waals surface area contributed by atoms with Gasteiger partial charge in [0.15, 0.2) is 0 Å². The van der Waals surface area contributed by atoms with Gasteiger partial charge in [-0.3, -0.25) is 4.79 Å². The van der Waals surface area contributed by atoms with Crippen molar-refractivity contribution in [2.75, 3.05) is 26.7 Å². The van der Waals surface area contributed by atoms with Crippen LogP contribution in [0.4, 0.5) is 0 Å². The molecule has 0 saturated heterocycles. The van der Waals surface area contributed by atoms with E-state index in [1.54, 1.807) is 0 Å². The maximum absolute atomic E-state index is 11.4. The molecule has 100 valence electrons. The molecule has 1 rings (SSSR count). The Hall–Kier alpha value is -1.55. The molecule has 0 unspecified atom stereocenters. The van der Waals surface area contributed by atoms with Gasteiger partial charge in [-0.15, -0.1) is 0 Å². The number of carbonyl (C=O) groups is 1. The highest BCUT2D eigenvalue weighted by Crippen LogP contribution is 2.16. The molecule has 0 aliphatic heterocycles. The van der Waals surface area contributed by atoms with Crippen LogP contribution in [0.15, 0.2) is 18.2 Å². The van der Waals surface area contributed by atoms with Crippen molar-refractivity contribution in [3.05, 3.63) is 29.3 Å². The van der Waals surface area contributed by atoms with E-state index in [-0.39, 0.29) is 5.91 Å². The van der Waals surface area contributed by atoms with Gasteiger partial charge in [-0.1, -0.05) is 6.07 Å². The van der Waals surface area contributed by atoms with Crippen molar-refractivity contribution in [2.24, 2.45) is 0 Å². The van der Waals surface area contributed by atoms with Crippen LogP contribution >= 0.6 is 0 Å². The monoisotopic (exact) mass is 250 g/mol. The van der Waals surface area contributed by atoms with Crippen molar-refractivity contribution < 1.29 is 9.53 Å². The summed E-state index contributed by atoms with van der Waals surface area (Å²) in [4.78, 5) is 11.4. The zero-order chi connectivity index (χ0) is 13.4. The second kappa shape index (κ2) is 7.71. The minimum atomic E-state index is 0.0228. The molecule has 0 aliphatic rings. The van der Waals surface area contributed by atoms with Crippen molar-refractivity contribution in [3.63, 3.8) is 0 Å². The molecule has 0 atom stereocenters. The number of hydrogen-bond donors (Lipinski definition) is 2. The smallest absolute Gasteiger partial charge is 0.223 e. The first-order chi connectivity index (χ1) is 8.61. The van der Waals surface area contributed by atoms with E-state index in [9.17, 15) is 4.79 Å². The molecular formula is C14H22N2O2. The fraction of sp³-hybridized carbons (Fsp3) is 0.500. The van der Waals surface area contributed by atoms with Crippen LogP contribution in [0.1, 0.15) is 17.5 Å². The third-order valence-corrected chi connectivity index (χ3v) is 2.49. The number of rotatable bonds is 7. The van der Waals surface area contributed by atoms with Gasteiger partial charge in [0, 0.05) is 13.1 Å². The zero-order valence-electron chi connectivity index (χ0n) is 11.4. The normalized spacial score (nSPS) is 10.2. The third kappa shape index (κ3) is 5.68. The summed E-state index contributed by atoms with van der Waals surface area (Å²) in [5.74, 6) is 0.852. The first kappa shape index (κ1) is 14.5. The Labute approximate surface area is 109 Å². The predicted octanol–water partition coefficient (Wildman–Crippen LogP) is 1.41. The lowest BCUT2D eigenvalue weighted by molar-refractivity contribution is -0.121. The fourth-order valence-corrected chi connectivity index (χ4v) is 1.69. The Balaban J connectivity index is 2.26. The van der Waals surface area contributed by atoms with E-state index in [0.717, 1.165) is 12.3 Å². The second-order valence-electron chi connectivity index (χ2n) is 4.38. The van der Waals surface area contributed by atoms with E-state index in [1.165, 1.54) is 11.1 Å². The lowest BCUT2D eigenvalue weighted by atomic mass is 10.1. The van der Waals surface area contributed by atoms with Crippen LogP contribution in [-0.2, 0) is 4.79 Å². The molecule has 0 aliphatic carbocycles. The van der Waals surface area contributed by atoms with Crippen molar-refractivity contribution >= 4 is 5.91 Å². The van der Waals surface area contributed by atoms with Crippen LogP contribution in [-0.4, -0.2) is 32.7 Å². The summed E-state index contributed by atoms with van der Waals surface area (Å²) in [7, 11) is 1.86. The molecule has 0 radical (unpaired) electrons. The second-order valence-corrected chi connectivity index (χ2v) is 4.38. The summed E-state index contributed by atoms with van der Waals surface area (Å²) >= 11 is 0. The maximum atomic E-state index is 11.4. The van der Waals surface area contributed by atoms with Gasteiger partial charge in [0.2, 0.25) is 5.91 Å². The molecular weight excluding hydrogens is 228 g/mol. The molecule has 4 heteroatoms.